The van der Waals surface area contributed by atoms with Crippen LogP contribution in [-0.2, 0) is 9.59 Å². The Hall–Kier alpha value is -2.61. The molecule has 30 heavy (non-hydrogen) atoms. The highest BCUT2D eigenvalue weighted by Crippen LogP contribution is 2.27. The van der Waals surface area contributed by atoms with E-state index >= 15 is 0 Å². The van der Waals surface area contributed by atoms with Crippen LogP contribution in [0.15, 0.2) is 6.20 Å². The summed E-state index contributed by atoms with van der Waals surface area (Å²) in [7, 11) is 0. The molecular weight excluding hydrogens is 403 g/mol. The topological polar surface area (TPSA) is 100 Å². The van der Waals surface area contributed by atoms with Crippen LogP contribution in [0.25, 0.3) is 0 Å². The molecule has 0 radical (unpaired) electrons. The number of alkyl halides is 3. The molecule has 3 atom stereocenters. The Morgan fingerprint density at radius 2 is 2.00 bits per heavy atom. The summed E-state index contributed by atoms with van der Waals surface area (Å²) in [5.41, 5.74) is 0.927. The van der Waals surface area contributed by atoms with Crippen molar-refractivity contribution < 1.29 is 27.9 Å². The maximum Gasteiger partial charge on any atom is 0.490 e. The quantitative estimate of drug-likeness (QED) is 0.712. The minimum absolute atomic E-state index is 0.0660. The number of carbonyl (C=O) groups is 2. The molecule has 0 spiro atoms. The Bertz CT molecular complexity index is 781. The van der Waals surface area contributed by atoms with Crippen LogP contribution in [0, 0.1) is 18.3 Å². The summed E-state index contributed by atoms with van der Waals surface area (Å²) in [6.45, 7) is 5.84. The summed E-state index contributed by atoms with van der Waals surface area (Å²) in [6.07, 6.45) is 6.51. The van der Waals surface area contributed by atoms with Crippen LogP contribution in [0.2, 0.25) is 0 Å². The number of nitrogens with zero attached hydrogens (tertiary/aromatic N) is 4. The second-order valence-corrected chi connectivity index (χ2v) is 7.62. The number of carbonyl (C=O) groups excluding carboxylic acids is 1. The summed E-state index contributed by atoms with van der Waals surface area (Å²) in [4.78, 5) is 23.7. The molecule has 2 aliphatic heterocycles. The molecule has 0 saturated carbocycles. The van der Waals surface area contributed by atoms with Gasteiger partial charge in [-0.25, -0.2) is 9.48 Å². The highest BCUT2D eigenvalue weighted by molar-refractivity contribution is 5.81. The predicted molar refractivity (Wildman–Crippen MR) is 101 cm³/mol. The molecule has 3 rings (SSSR count). The Morgan fingerprint density at radius 1 is 1.33 bits per heavy atom. The molecule has 2 saturated heterocycles. The van der Waals surface area contributed by atoms with Crippen molar-refractivity contribution >= 4 is 11.9 Å². The summed E-state index contributed by atoms with van der Waals surface area (Å²) >= 11 is 0. The molecule has 1 aromatic rings. The van der Waals surface area contributed by atoms with Gasteiger partial charge in [0.05, 0.1) is 24.0 Å². The van der Waals surface area contributed by atoms with Gasteiger partial charge in [-0.1, -0.05) is 25.0 Å². The minimum Gasteiger partial charge on any atom is -0.475 e. The first-order chi connectivity index (χ1) is 14.1. The first kappa shape index (κ1) is 23.7. The number of carboxylic acid groups (broad SMARTS) is 1. The molecule has 1 amide bonds. The molecule has 166 valence electrons. The first-order valence-electron chi connectivity index (χ1n) is 9.78. The molecular formula is C19H26F3N5O3. The number of aromatic nitrogens is 3. The monoisotopic (exact) mass is 429 g/mol. The zero-order valence-electron chi connectivity index (χ0n) is 16.9. The Balaban J connectivity index is 0.000000396. The third-order valence-corrected chi connectivity index (χ3v) is 5.09. The van der Waals surface area contributed by atoms with Gasteiger partial charge in [-0.3, -0.25) is 4.79 Å². The molecule has 0 bridgehead atoms. The van der Waals surface area contributed by atoms with Gasteiger partial charge in [0.25, 0.3) is 0 Å². The lowest BCUT2D eigenvalue weighted by molar-refractivity contribution is -0.192. The van der Waals surface area contributed by atoms with Crippen molar-refractivity contribution in [2.75, 3.05) is 13.1 Å². The van der Waals surface area contributed by atoms with Gasteiger partial charge < -0.3 is 15.3 Å². The van der Waals surface area contributed by atoms with E-state index in [0.29, 0.717) is 0 Å². The van der Waals surface area contributed by atoms with Gasteiger partial charge in [0.2, 0.25) is 5.91 Å². The van der Waals surface area contributed by atoms with E-state index < -0.39 is 12.1 Å². The Kier molecular flexibility index (Phi) is 7.83. The highest BCUT2D eigenvalue weighted by atomic mass is 19.4. The number of amides is 1. The number of likely N-dealkylation sites (tertiary alicyclic amines) is 1. The van der Waals surface area contributed by atoms with Crippen molar-refractivity contribution in [2.24, 2.45) is 5.92 Å². The lowest BCUT2D eigenvalue weighted by atomic mass is 10.0. The number of terminal acetylenes is 1. The fourth-order valence-electron chi connectivity index (χ4n) is 3.60. The van der Waals surface area contributed by atoms with Crippen molar-refractivity contribution in [2.45, 2.75) is 63.8 Å². The highest BCUT2D eigenvalue weighted by Gasteiger charge is 2.38. The summed E-state index contributed by atoms with van der Waals surface area (Å²) < 4.78 is 33.5. The lowest BCUT2D eigenvalue weighted by Crippen LogP contribution is -2.41. The van der Waals surface area contributed by atoms with E-state index in [0.717, 1.165) is 44.5 Å². The van der Waals surface area contributed by atoms with Crippen molar-refractivity contribution in [1.29, 1.82) is 0 Å². The van der Waals surface area contributed by atoms with Crippen LogP contribution in [-0.4, -0.2) is 62.2 Å². The predicted octanol–water partition coefficient (Wildman–Crippen LogP) is 2.16. The number of carboxylic acids is 1. The van der Waals surface area contributed by atoms with E-state index in [9.17, 15) is 18.0 Å². The molecule has 0 unspecified atom stereocenters. The summed E-state index contributed by atoms with van der Waals surface area (Å²) in [5, 5.41) is 19.1. The van der Waals surface area contributed by atoms with Crippen LogP contribution >= 0.6 is 0 Å². The van der Waals surface area contributed by atoms with E-state index in [1.807, 2.05) is 24.9 Å². The number of nitrogens with one attached hydrogen (secondary N) is 1. The summed E-state index contributed by atoms with van der Waals surface area (Å²) in [5.74, 6) is 0.181. The number of rotatable bonds is 4. The zero-order chi connectivity index (χ0) is 22.5. The van der Waals surface area contributed by atoms with Crippen molar-refractivity contribution in [3.05, 3.63) is 11.9 Å². The molecule has 1 aromatic heterocycles. The maximum atomic E-state index is 13.0. The van der Waals surface area contributed by atoms with Gasteiger partial charge in [-0.2, -0.15) is 13.2 Å². The SMILES string of the molecule is C#C[C@@H]1CCCN1C(=O)[C@H](C(C)C)n1cc([C@@H]2CCCN2)nn1.O=C(O)C(F)(F)F. The van der Waals surface area contributed by atoms with Crippen LogP contribution < -0.4 is 5.32 Å². The molecule has 0 aliphatic carbocycles. The molecule has 2 aliphatic rings. The second-order valence-electron chi connectivity index (χ2n) is 7.62. The van der Waals surface area contributed by atoms with Gasteiger partial charge in [0.1, 0.15) is 6.04 Å². The van der Waals surface area contributed by atoms with E-state index in [-0.39, 0.29) is 30.0 Å². The molecule has 8 nitrogen and oxygen atoms in total. The van der Waals surface area contributed by atoms with Gasteiger partial charge in [0.15, 0.2) is 0 Å². The average molecular weight is 429 g/mol. The van der Waals surface area contributed by atoms with Crippen LogP contribution in [0.4, 0.5) is 13.2 Å². The fourth-order valence-corrected chi connectivity index (χ4v) is 3.60. The standard InChI is InChI=1S/C17H25N5O.C2HF3O2/c1-4-13-7-6-10-21(13)17(23)16(12(2)3)22-11-15(19-20-22)14-8-5-9-18-14;3-2(4,5)1(6)7/h1,11-14,16,18H,5-10H2,2-3H3;(H,6,7)/t13-,14+,16+;/m1./s1. The van der Waals surface area contributed by atoms with Crippen molar-refractivity contribution in [1.82, 2.24) is 25.2 Å². The maximum absolute atomic E-state index is 13.0. The largest absolute Gasteiger partial charge is 0.490 e. The number of halogens is 3. The molecule has 2 fully saturated rings. The van der Waals surface area contributed by atoms with Gasteiger partial charge >= 0.3 is 12.1 Å². The fraction of sp³-hybridized carbons (Fsp3) is 0.684. The number of hydrogen-bond acceptors (Lipinski definition) is 5. The van der Waals surface area contributed by atoms with Crippen LogP contribution in [0.5, 0.6) is 0 Å². The first-order valence-corrected chi connectivity index (χ1v) is 9.78. The van der Waals surface area contributed by atoms with E-state index in [1.165, 1.54) is 0 Å². The third-order valence-electron chi connectivity index (χ3n) is 5.09. The van der Waals surface area contributed by atoms with E-state index in [1.54, 1.807) is 4.68 Å². The van der Waals surface area contributed by atoms with Crippen LogP contribution in [0.1, 0.15) is 57.3 Å². The normalized spacial score (nSPS) is 22.4. The van der Waals surface area contributed by atoms with E-state index in [4.69, 9.17) is 16.3 Å². The zero-order valence-corrected chi connectivity index (χ0v) is 16.9. The van der Waals surface area contributed by atoms with Gasteiger partial charge in [-0.15, -0.1) is 11.5 Å². The number of hydrogen-bond donors (Lipinski definition) is 2. The minimum atomic E-state index is -5.08. The number of aliphatic carboxylic acids is 1. The van der Waals surface area contributed by atoms with Gasteiger partial charge in [-0.05, 0) is 38.1 Å². The molecule has 11 heteroatoms. The third kappa shape index (κ3) is 5.72. The second kappa shape index (κ2) is 9.93. The molecule has 3 heterocycles. The van der Waals surface area contributed by atoms with Crippen molar-refractivity contribution in [3.63, 3.8) is 0 Å². The molecule has 0 aromatic carbocycles. The summed E-state index contributed by atoms with van der Waals surface area (Å²) in [6, 6.07) is -0.160. The van der Waals surface area contributed by atoms with Crippen LogP contribution in [0.3, 0.4) is 0 Å². The molecule has 2 N–H and O–H groups in total. The van der Waals surface area contributed by atoms with Gasteiger partial charge in [0, 0.05) is 6.54 Å². The van der Waals surface area contributed by atoms with E-state index in [2.05, 4.69) is 21.5 Å². The van der Waals surface area contributed by atoms with Crippen molar-refractivity contribution in [3.8, 4) is 12.3 Å². The Labute approximate surface area is 172 Å². The lowest BCUT2D eigenvalue weighted by Gasteiger charge is -2.28. The smallest absolute Gasteiger partial charge is 0.475 e. The Morgan fingerprint density at radius 3 is 2.50 bits per heavy atom. The average Bonchev–Trinajstić information content (AvgIpc) is 3.41.